The molecule has 0 saturated heterocycles. The minimum atomic E-state index is -0.512. The lowest BCUT2D eigenvalue weighted by Gasteiger charge is -2.11. The van der Waals surface area contributed by atoms with Crippen molar-refractivity contribution in [3.8, 4) is 0 Å². The lowest BCUT2D eigenvalue weighted by molar-refractivity contribution is 0.251. The summed E-state index contributed by atoms with van der Waals surface area (Å²) in [4.78, 5) is 11.9. The van der Waals surface area contributed by atoms with E-state index in [1.807, 2.05) is 0 Å². The lowest BCUT2D eigenvalue weighted by atomic mass is 10.2. The van der Waals surface area contributed by atoms with Gasteiger partial charge in [0, 0.05) is 17.7 Å². The Labute approximate surface area is 132 Å². The fourth-order valence-electron chi connectivity index (χ4n) is 2.30. The minimum Gasteiger partial charge on any atom is -0.338 e. The minimum absolute atomic E-state index is 0.0374. The van der Waals surface area contributed by atoms with Crippen LogP contribution < -0.4 is 10.6 Å². The Hall–Kier alpha value is -2.44. The van der Waals surface area contributed by atoms with Crippen molar-refractivity contribution in [2.24, 2.45) is 5.92 Å². The highest BCUT2D eigenvalue weighted by molar-refractivity contribution is 5.89. The summed E-state index contributed by atoms with van der Waals surface area (Å²) in [5.74, 6) is 0.0285. The maximum Gasteiger partial charge on any atom is 0.320 e. The molecule has 0 bridgehead atoms. The number of nitrogens with zero attached hydrogens (tertiary/aromatic N) is 2. The molecule has 1 aliphatic carbocycles. The van der Waals surface area contributed by atoms with E-state index in [0.29, 0.717) is 18.3 Å². The first-order chi connectivity index (χ1) is 11.0. The molecule has 1 saturated carbocycles. The van der Waals surface area contributed by atoms with Crippen LogP contribution in [0.1, 0.15) is 24.0 Å². The van der Waals surface area contributed by atoms with Crippen LogP contribution in [0.3, 0.4) is 0 Å². The van der Waals surface area contributed by atoms with Gasteiger partial charge in [-0.1, -0.05) is 0 Å². The van der Waals surface area contributed by atoms with Gasteiger partial charge >= 0.3 is 6.03 Å². The molecule has 122 valence electrons. The number of rotatable bonds is 5. The predicted octanol–water partition coefficient (Wildman–Crippen LogP) is 3.05. The van der Waals surface area contributed by atoms with Gasteiger partial charge in [0.05, 0.1) is 12.7 Å². The second kappa shape index (κ2) is 6.36. The van der Waals surface area contributed by atoms with Crippen LogP contribution in [0.15, 0.2) is 24.4 Å². The average molecular weight is 320 g/mol. The molecular formula is C16H18F2N4O. The molecule has 2 aromatic rings. The molecule has 0 aliphatic heterocycles. The lowest BCUT2D eigenvalue weighted by Crippen LogP contribution is -2.31. The fraction of sp³-hybridized carbons (Fsp3) is 0.375. The number of carbonyl (C=O) groups excluding carboxylic acids is 1. The second-order valence-corrected chi connectivity index (χ2v) is 5.85. The van der Waals surface area contributed by atoms with E-state index in [1.54, 1.807) is 13.1 Å². The van der Waals surface area contributed by atoms with Crippen molar-refractivity contribution < 1.29 is 13.6 Å². The van der Waals surface area contributed by atoms with Gasteiger partial charge in [0.2, 0.25) is 0 Å². The van der Waals surface area contributed by atoms with E-state index >= 15 is 0 Å². The SMILES string of the molecule is Cc1cnn(Cc2cc(F)ccc2F)c1NC(=O)NCC1CC1. The van der Waals surface area contributed by atoms with E-state index in [1.165, 1.54) is 4.68 Å². The van der Waals surface area contributed by atoms with Crippen LogP contribution in [-0.2, 0) is 6.54 Å². The Morgan fingerprint density at radius 2 is 2.17 bits per heavy atom. The van der Waals surface area contributed by atoms with Gasteiger partial charge in [-0.25, -0.2) is 18.3 Å². The Balaban J connectivity index is 1.72. The van der Waals surface area contributed by atoms with Crippen LogP contribution in [-0.4, -0.2) is 22.4 Å². The molecule has 1 fully saturated rings. The summed E-state index contributed by atoms with van der Waals surface area (Å²) in [6, 6.07) is 2.96. The van der Waals surface area contributed by atoms with Gasteiger partial charge < -0.3 is 5.32 Å². The zero-order chi connectivity index (χ0) is 16.4. The van der Waals surface area contributed by atoms with E-state index in [-0.39, 0.29) is 18.1 Å². The van der Waals surface area contributed by atoms with Crippen LogP contribution in [0.2, 0.25) is 0 Å². The highest BCUT2D eigenvalue weighted by Crippen LogP contribution is 2.27. The van der Waals surface area contributed by atoms with Gasteiger partial charge in [-0.2, -0.15) is 5.10 Å². The summed E-state index contributed by atoms with van der Waals surface area (Å²) >= 11 is 0. The molecule has 1 aromatic heterocycles. The quantitative estimate of drug-likeness (QED) is 0.889. The summed E-state index contributed by atoms with van der Waals surface area (Å²) in [6.07, 6.45) is 3.87. The van der Waals surface area contributed by atoms with Crippen molar-refractivity contribution in [2.45, 2.75) is 26.3 Å². The van der Waals surface area contributed by atoms with Gasteiger partial charge in [0.1, 0.15) is 17.5 Å². The van der Waals surface area contributed by atoms with Gasteiger partial charge in [0.25, 0.3) is 0 Å². The summed E-state index contributed by atoms with van der Waals surface area (Å²) in [5.41, 5.74) is 0.929. The van der Waals surface area contributed by atoms with Gasteiger partial charge in [-0.05, 0) is 43.9 Å². The Bertz CT molecular complexity index is 725. The maximum atomic E-state index is 13.8. The van der Waals surface area contributed by atoms with Crippen molar-refractivity contribution in [3.63, 3.8) is 0 Å². The van der Waals surface area contributed by atoms with Crippen molar-refractivity contribution >= 4 is 11.8 Å². The third-order valence-corrected chi connectivity index (χ3v) is 3.83. The molecule has 0 unspecified atom stereocenters. The van der Waals surface area contributed by atoms with Crippen LogP contribution in [0.4, 0.5) is 19.4 Å². The predicted molar refractivity (Wildman–Crippen MR) is 82.2 cm³/mol. The summed E-state index contributed by atoms with van der Waals surface area (Å²) < 4.78 is 28.5. The van der Waals surface area contributed by atoms with Crippen molar-refractivity contribution in [1.29, 1.82) is 0 Å². The molecule has 1 heterocycles. The number of carbonyl (C=O) groups is 1. The molecule has 3 rings (SSSR count). The second-order valence-electron chi connectivity index (χ2n) is 5.85. The van der Waals surface area contributed by atoms with E-state index in [9.17, 15) is 13.6 Å². The van der Waals surface area contributed by atoms with Crippen molar-refractivity contribution in [3.05, 3.63) is 47.2 Å². The van der Waals surface area contributed by atoms with Crippen LogP contribution in [0.5, 0.6) is 0 Å². The molecule has 5 nitrogen and oxygen atoms in total. The third-order valence-electron chi connectivity index (χ3n) is 3.83. The van der Waals surface area contributed by atoms with Gasteiger partial charge in [-0.15, -0.1) is 0 Å². The van der Waals surface area contributed by atoms with Gasteiger partial charge in [0.15, 0.2) is 0 Å². The summed E-state index contributed by atoms with van der Waals surface area (Å²) in [5, 5.41) is 9.65. The monoisotopic (exact) mass is 320 g/mol. The van der Waals surface area contributed by atoms with Crippen LogP contribution >= 0.6 is 0 Å². The first kappa shape index (κ1) is 15.5. The topological polar surface area (TPSA) is 59.0 Å². The largest absolute Gasteiger partial charge is 0.338 e. The zero-order valence-corrected chi connectivity index (χ0v) is 12.8. The van der Waals surface area contributed by atoms with E-state index < -0.39 is 11.6 Å². The number of nitrogens with one attached hydrogen (secondary N) is 2. The van der Waals surface area contributed by atoms with Crippen LogP contribution in [0, 0.1) is 24.5 Å². The molecular weight excluding hydrogens is 302 g/mol. The number of urea groups is 1. The number of aromatic nitrogens is 2. The number of hydrogen-bond acceptors (Lipinski definition) is 2. The number of hydrogen-bond donors (Lipinski definition) is 2. The smallest absolute Gasteiger partial charge is 0.320 e. The average Bonchev–Trinajstić information content (AvgIpc) is 3.29. The third kappa shape index (κ3) is 3.85. The first-order valence-corrected chi connectivity index (χ1v) is 7.54. The summed E-state index contributed by atoms with van der Waals surface area (Å²) in [6.45, 7) is 2.48. The molecule has 1 aromatic carbocycles. The van der Waals surface area contributed by atoms with Crippen LogP contribution in [0.25, 0.3) is 0 Å². The Morgan fingerprint density at radius 1 is 1.39 bits per heavy atom. The summed E-state index contributed by atoms with van der Waals surface area (Å²) in [7, 11) is 0. The molecule has 0 radical (unpaired) electrons. The number of halogens is 2. The molecule has 2 N–H and O–H groups in total. The molecule has 7 heteroatoms. The standard InChI is InChI=1S/C16H18F2N4O/c1-10-7-20-22(9-12-6-13(17)4-5-14(12)18)15(10)21-16(23)19-8-11-2-3-11/h4-7,11H,2-3,8-9H2,1H3,(H2,19,21,23). The number of aryl methyl sites for hydroxylation is 1. The number of amides is 2. The Morgan fingerprint density at radius 3 is 2.91 bits per heavy atom. The van der Waals surface area contributed by atoms with E-state index in [2.05, 4.69) is 15.7 Å². The fourth-order valence-corrected chi connectivity index (χ4v) is 2.30. The molecule has 23 heavy (non-hydrogen) atoms. The van der Waals surface area contributed by atoms with E-state index in [4.69, 9.17) is 0 Å². The zero-order valence-electron chi connectivity index (χ0n) is 12.8. The van der Waals surface area contributed by atoms with Gasteiger partial charge in [-0.3, -0.25) is 5.32 Å². The normalized spacial score (nSPS) is 13.9. The maximum absolute atomic E-state index is 13.8. The molecule has 1 aliphatic rings. The first-order valence-electron chi connectivity index (χ1n) is 7.54. The highest BCUT2D eigenvalue weighted by Gasteiger charge is 2.22. The molecule has 0 atom stereocenters. The van der Waals surface area contributed by atoms with Crippen molar-refractivity contribution in [2.75, 3.05) is 11.9 Å². The van der Waals surface area contributed by atoms with E-state index in [0.717, 1.165) is 36.6 Å². The molecule has 2 amide bonds. The van der Waals surface area contributed by atoms with Crippen molar-refractivity contribution in [1.82, 2.24) is 15.1 Å². The molecule has 0 spiro atoms. The number of anilines is 1. The number of benzene rings is 1. The highest BCUT2D eigenvalue weighted by atomic mass is 19.1. The Kier molecular flexibility index (Phi) is 4.27.